The highest BCUT2D eigenvalue weighted by Gasteiger charge is 2.20. The summed E-state index contributed by atoms with van der Waals surface area (Å²) in [7, 11) is 0. The van der Waals surface area contributed by atoms with Crippen molar-refractivity contribution in [1.29, 1.82) is 0 Å². The van der Waals surface area contributed by atoms with Gasteiger partial charge in [0.05, 0.1) is 0 Å². The molecule has 0 heterocycles. The van der Waals surface area contributed by atoms with Crippen LogP contribution in [0.5, 0.6) is 5.75 Å². The van der Waals surface area contributed by atoms with Gasteiger partial charge in [-0.25, -0.2) is 0 Å². The molecule has 3 N–H and O–H groups in total. The molecule has 0 spiro atoms. The summed E-state index contributed by atoms with van der Waals surface area (Å²) in [6.45, 7) is -0.174. The smallest absolute Gasteiger partial charge is 0.255 e. The van der Waals surface area contributed by atoms with Crippen LogP contribution in [0.2, 0.25) is 0 Å². The largest absolute Gasteiger partial charge is 0.484 e. The Morgan fingerprint density at radius 3 is 2.50 bits per heavy atom. The molecule has 1 aliphatic rings. The lowest BCUT2D eigenvalue weighted by Crippen LogP contribution is -2.38. The SMILES string of the molecule is NC(=O)COc1ccc(C(=O)NC2CCc3ccccc3C2)cc1. The van der Waals surface area contributed by atoms with Crippen molar-refractivity contribution in [2.45, 2.75) is 25.3 Å². The third kappa shape index (κ3) is 3.93. The fraction of sp³-hybridized carbons (Fsp3) is 0.263. The molecule has 3 rings (SSSR count). The van der Waals surface area contributed by atoms with Crippen LogP contribution in [0.4, 0.5) is 0 Å². The number of hydrogen-bond donors (Lipinski definition) is 2. The van der Waals surface area contributed by atoms with Gasteiger partial charge < -0.3 is 15.8 Å². The Labute approximate surface area is 140 Å². The summed E-state index contributed by atoms with van der Waals surface area (Å²) in [5, 5.41) is 3.09. The molecule has 5 heteroatoms. The molecule has 0 saturated carbocycles. The summed E-state index contributed by atoms with van der Waals surface area (Å²) in [6.07, 6.45) is 2.80. The van der Waals surface area contributed by atoms with Crippen LogP contribution in [0.3, 0.4) is 0 Å². The zero-order chi connectivity index (χ0) is 16.9. The van der Waals surface area contributed by atoms with E-state index in [2.05, 4.69) is 23.5 Å². The Morgan fingerprint density at radius 1 is 1.08 bits per heavy atom. The lowest BCUT2D eigenvalue weighted by atomic mass is 9.88. The number of nitrogens with two attached hydrogens (primary N) is 1. The summed E-state index contributed by atoms with van der Waals surface area (Å²) in [6, 6.07) is 15.2. The van der Waals surface area contributed by atoms with Gasteiger partial charge in [-0.2, -0.15) is 0 Å². The predicted molar refractivity (Wildman–Crippen MR) is 90.9 cm³/mol. The van der Waals surface area contributed by atoms with Crippen molar-refractivity contribution in [2.24, 2.45) is 5.73 Å². The van der Waals surface area contributed by atoms with E-state index in [-0.39, 0.29) is 18.6 Å². The van der Waals surface area contributed by atoms with Crippen molar-refractivity contribution in [2.75, 3.05) is 6.61 Å². The number of primary amides is 1. The van der Waals surface area contributed by atoms with E-state index >= 15 is 0 Å². The van der Waals surface area contributed by atoms with Crippen molar-refractivity contribution in [3.8, 4) is 5.75 Å². The molecule has 0 aromatic heterocycles. The number of carbonyl (C=O) groups excluding carboxylic acids is 2. The maximum Gasteiger partial charge on any atom is 0.255 e. The van der Waals surface area contributed by atoms with E-state index in [1.807, 2.05) is 6.07 Å². The number of hydrogen-bond acceptors (Lipinski definition) is 3. The summed E-state index contributed by atoms with van der Waals surface area (Å²) < 4.78 is 5.18. The number of aryl methyl sites for hydroxylation is 1. The first-order chi connectivity index (χ1) is 11.6. The molecule has 24 heavy (non-hydrogen) atoms. The number of fused-ring (bicyclic) bond motifs is 1. The zero-order valence-electron chi connectivity index (χ0n) is 13.3. The van der Waals surface area contributed by atoms with Crippen LogP contribution >= 0.6 is 0 Å². The lowest BCUT2D eigenvalue weighted by molar-refractivity contribution is -0.119. The van der Waals surface area contributed by atoms with Gasteiger partial charge in [-0.3, -0.25) is 9.59 Å². The Kier molecular flexibility index (Phi) is 4.79. The highest BCUT2D eigenvalue weighted by atomic mass is 16.5. The van der Waals surface area contributed by atoms with E-state index in [1.54, 1.807) is 24.3 Å². The Hall–Kier alpha value is -2.82. The predicted octanol–water partition coefficient (Wildman–Crippen LogP) is 1.84. The van der Waals surface area contributed by atoms with Gasteiger partial charge in [-0.15, -0.1) is 0 Å². The van der Waals surface area contributed by atoms with E-state index in [4.69, 9.17) is 10.5 Å². The second-order valence-corrected chi connectivity index (χ2v) is 5.96. The molecule has 0 radical (unpaired) electrons. The van der Waals surface area contributed by atoms with Gasteiger partial charge in [0.2, 0.25) is 0 Å². The second kappa shape index (κ2) is 7.17. The number of amides is 2. The highest BCUT2D eigenvalue weighted by Crippen LogP contribution is 2.21. The molecule has 1 aliphatic carbocycles. The van der Waals surface area contributed by atoms with Gasteiger partial charge in [0.15, 0.2) is 6.61 Å². The first-order valence-corrected chi connectivity index (χ1v) is 8.00. The van der Waals surface area contributed by atoms with Crippen molar-refractivity contribution in [3.63, 3.8) is 0 Å². The second-order valence-electron chi connectivity index (χ2n) is 5.96. The van der Waals surface area contributed by atoms with Crippen LogP contribution in [0.25, 0.3) is 0 Å². The average molecular weight is 324 g/mol. The minimum atomic E-state index is -0.533. The molecule has 0 bridgehead atoms. The van der Waals surface area contributed by atoms with Crippen LogP contribution in [0.15, 0.2) is 48.5 Å². The maximum absolute atomic E-state index is 12.4. The van der Waals surface area contributed by atoms with Gasteiger partial charge in [-0.1, -0.05) is 24.3 Å². The molecule has 0 aliphatic heterocycles. The average Bonchev–Trinajstić information content (AvgIpc) is 2.60. The minimum Gasteiger partial charge on any atom is -0.484 e. The fourth-order valence-corrected chi connectivity index (χ4v) is 2.95. The normalized spacial score (nSPS) is 16.1. The summed E-state index contributed by atoms with van der Waals surface area (Å²) in [5.74, 6) is -0.118. The third-order valence-corrected chi connectivity index (χ3v) is 4.18. The van der Waals surface area contributed by atoms with Gasteiger partial charge in [0.25, 0.3) is 11.8 Å². The molecular formula is C19H20N2O3. The van der Waals surface area contributed by atoms with Crippen LogP contribution in [0, 0.1) is 0 Å². The van der Waals surface area contributed by atoms with E-state index in [1.165, 1.54) is 11.1 Å². The lowest BCUT2D eigenvalue weighted by Gasteiger charge is -2.25. The highest BCUT2D eigenvalue weighted by molar-refractivity contribution is 5.94. The molecule has 1 atom stereocenters. The molecular weight excluding hydrogens is 304 g/mol. The van der Waals surface area contributed by atoms with Crippen molar-refractivity contribution < 1.29 is 14.3 Å². The van der Waals surface area contributed by atoms with Crippen LogP contribution in [-0.2, 0) is 17.6 Å². The van der Waals surface area contributed by atoms with Crippen molar-refractivity contribution >= 4 is 11.8 Å². The molecule has 5 nitrogen and oxygen atoms in total. The van der Waals surface area contributed by atoms with Crippen LogP contribution in [0.1, 0.15) is 27.9 Å². The number of ether oxygens (including phenoxy) is 1. The van der Waals surface area contributed by atoms with Crippen LogP contribution < -0.4 is 15.8 Å². The van der Waals surface area contributed by atoms with E-state index < -0.39 is 5.91 Å². The Morgan fingerprint density at radius 2 is 1.79 bits per heavy atom. The molecule has 2 aromatic carbocycles. The topological polar surface area (TPSA) is 81.4 Å². The number of rotatable bonds is 5. The Balaban J connectivity index is 1.58. The van der Waals surface area contributed by atoms with Crippen LogP contribution in [-0.4, -0.2) is 24.5 Å². The standard InChI is InChI=1S/C19H20N2O3/c20-18(22)12-24-17-9-6-14(7-10-17)19(23)21-16-8-5-13-3-1-2-4-15(13)11-16/h1-4,6-7,9-10,16H,5,8,11-12H2,(H2,20,22)(H,21,23). The monoisotopic (exact) mass is 324 g/mol. The third-order valence-electron chi connectivity index (χ3n) is 4.18. The maximum atomic E-state index is 12.4. The number of benzene rings is 2. The zero-order valence-corrected chi connectivity index (χ0v) is 13.3. The summed E-state index contributed by atoms with van der Waals surface area (Å²) in [5.41, 5.74) is 8.28. The minimum absolute atomic E-state index is 0.0965. The van der Waals surface area contributed by atoms with Gasteiger partial charge in [0, 0.05) is 11.6 Å². The Bertz CT molecular complexity index is 741. The fourth-order valence-electron chi connectivity index (χ4n) is 2.95. The molecule has 0 fully saturated rings. The van der Waals surface area contributed by atoms with Crippen molar-refractivity contribution in [1.82, 2.24) is 5.32 Å². The number of carbonyl (C=O) groups is 2. The quantitative estimate of drug-likeness (QED) is 0.880. The first kappa shape index (κ1) is 16.1. The molecule has 1 unspecified atom stereocenters. The van der Waals surface area contributed by atoms with E-state index in [0.717, 1.165) is 19.3 Å². The summed E-state index contributed by atoms with van der Waals surface area (Å²) >= 11 is 0. The van der Waals surface area contributed by atoms with Gasteiger partial charge in [0.1, 0.15) is 5.75 Å². The van der Waals surface area contributed by atoms with E-state index in [9.17, 15) is 9.59 Å². The molecule has 2 aromatic rings. The van der Waals surface area contributed by atoms with E-state index in [0.29, 0.717) is 11.3 Å². The molecule has 0 saturated heterocycles. The molecule has 2 amide bonds. The first-order valence-electron chi connectivity index (χ1n) is 8.00. The molecule has 124 valence electrons. The summed E-state index contributed by atoms with van der Waals surface area (Å²) in [4.78, 5) is 23.1. The van der Waals surface area contributed by atoms with Crippen molar-refractivity contribution in [3.05, 3.63) is 65.2 Å². The van der Waals surface area contributed by atoms with Gasteiger partial charge >= 0.3 is 0 Å². The van der Waals surface area contributed by atoms with Gasteiger partial charge in [-0.05, 0) is 54.7 Å². The number of nitrogens with one attached hydrogen (secondary N) is 1.